The molecule has 0 unspecified atom stereocenters. The van der Waals surface area contributed by atoms with Gasteiger partial charge in [0.1, 0.15) is 0 Å². The molecule has 0 aliphatic heterocycles. The maximum Gasteiger partial charge on any atom is 0.0788 e. The molecule has 0 aliphatic carbocycles. The molecule has 0 radical (unpaired) electrons. The lowest BCUT2D eigenvalue weighted by Gasteiger charge is -2.15. The van der Waals surface area contributed by atoms with Crippen molar-refractivity contribution in [1.29, 1.82) is 0 Å². The van der Waals surface area contributed by atoms with E-state index < -0.39 is 0 Å². The molecule has 0 saturated heterocycles. The van der Waals surface area contributed by atoms with Crippen molar-refractivity contribution in [3.8, 4) is 67.8 Å². The molecular formula is C114H70N8. The minimum Gasteiger partial charge on any atom is -0.307 e. The first kappa shape index (κ1) is 66.7. The van der Waals surface area contributed by atoms with Crippen LogP contribution in [0.4, 0.5) is 0 Å². The van der Waals surface area contributed by atoms with Crippen molar-refractivity contribution >= 4 is 174 Å². The number of rotatable bonds is 10. The molecule has 122 heavy (non-hydrogen) atoms. The Balaban J connectivity index is 0.627. The third-order valence-electron chi connectivity index (χ3n) is 26.4. The highest BCUT2D eigenvalue weighted by molar-refractivity contribution is 6.29. The van der Waals surface area contributed by atoms with Gasteiger partial charge in [-0.3, -0.25) is 0 Å². The molecule has 0 fully saturated rings. The van der Waals surface area contributed by atoms with Crippen molar-refractivity contribution in [3.63, 3.8) is 0 Å². The van der Waals surface area contributed by atoms with Gasteiger partial charge in [0.15, 0.2) is 0 Å². The van der Waals surface area contributed by atoms with E-state index in [0.717, 1.165) is 106 Å². The summed E-state index contributed by atoms with van der Waals surface area (Å²) >= 11 is 0. The second-order valence-corrected chi connectivity index (χ2v) is 32.6. The van der Waals surface area contributed by atoms with Crippen LogP contribution in [0.2, 0.25) is 0 Å². The van der Waals surface area contributed by atoms with Crippen molar-refractivity contribution < 1.29 is 0 Å². The monoisotopic (exact) mass is 1550 g/mol. The van der Waals surface area contributed by atoms with Crippen molar-refractivity contribution in [1.82, 2.24) is 36.5 Å². The van der Waals surface area contributed by atoms with Gasteiger partial charge in [-0.15, -0.1) is 0 Å². The molecule has 19 aromatic carbocycles. The number of hydrogen-bond donors (Lipinski definition) is 0. The van der Waals surface area contributed by atoms with Crippen molar-refractivity contribution in [2.45, 2.75) is 0 Å². The number of aromatic nitrogens is 8. The smallest absolute Gasteiger partial charge is 0.0788 e. The van der Waals surface area contributed by atoms with Gasteiger partial charge < -0.3 is 36.5 Å². The fourth-order valence-corrected chi connectivity index (χ4v) is 21.3. The Labute approximate surface area is 698 Å². The zero-order valence-electron chi connectivity index (χ0n) is 66.0. The van der Waals surface area contributed by atoms with Crippen LogP contribution >= 0.6 is 0 Å². The van der Waals surface area contributed by atoms with E-state index in [1.165, 1.54) is 136 Å². The van der Waals surface area contributed by atoms with E-state index in [2.05, 4.69) is 461 Å². The molecule has 8 aromatic heterocycles. The summed E-state index contributed by atoms with van der Waals surface area (Å²) in [6.45, 7) is 0. The number of para-hydroxylation sites is 10. The Morgan fingerprint density at radius 3 is 0.541 bits per heavy atom. The first-order valence-electron chi connectivity index (χ1n) is 42.1. The second kappa shape index (κ2) is 25.5. The van der Waals surface area contributed by atoms with E-state index in [4.69, 9.17) is 0 Å². The van der Waals surface area contributed by atoms with Gasteiger partial charge in [0.05, 0.1) is 88.3 Å². The van der Waals surface area contributed by atoms with Crippen molar-refractivity contribution in [2.75, 3.05) is 0 Å². The van der Waals surface area contributed by atoms with Crippen LogP contribution in [0.5, 0.6) is 0 Å². The summed E-state index contributed by atoms with van der Waals surface area (Å²) in [7, 11) is 0. The molecule has 0 N–H and O–H groups in total. The minimum atomic E-state index is 1.08. The fourth-order valence-electron chi connectivity index (χ4n) is 21.3. The number of fused-ring (bicyclic) bond motifs is 28. The molecule has 8 nitrogen and oxygen atoms in total. The van der Waals surface area contributed by atoms with E-state index in [1.807, 2.05) is 0 Å². The Hall–Kier alpha value is -16.4. The van der Waals surface area contributed by atoms with Gasteiger partial charge in [-0.2, -0.15) is 0 Å². The van der Waals surface area contributed by atoms with Gasteiger partial charge in [-0.05, 0) is 174 Å². The van der Waals surface area contributed by atoms with E-state index in [0.29, 0.717) is 0 Å². The number of nitrogens with zero attached hydrogens (tertiary/aromatic N) is 8. The molecule has 0 aliphatic rings. The molecule has 0 spiro atoms. The highest BCUT2D eigenvalue weighted by atomic mass is 15.1. The topological polar surface area (TPSA) is 39.4 Å². The molecular weight excluding hydrogens is 1480 g/mol. The standard InChI is InChI=1S/C114H70N8/c1-5-25-75(26-6-1)115-99-39-19-13-33-83(99)90-60-62-92-86-36-16-22-42-102(86)119(109(92)107(90)115)79-51-45-71(46-52-79)72-47-53-80(54-48-72)122-106-70-74(49-59-89(106)96-65-64-94-85-35-15-21-41-101(85)117(111(94)113(96)122)77-29-9-3-10-30-77)73-50-68-105-98(69-73)97-67-66-95-88-38-18-24-44-104(88)121(112(95)114(97)118(105)78-31-11-4-12-32-78)82-57-55-81(56-58-82)120-103-43-23-17-37-87(103)93-63-61-91-84-34-14-20-40-100(84)116(108(91)110(93)120)76-27-7-2-8-28-76/h1-70H. The van der Waals surface area contributed by atoms with Crippen LogP contribution in [0.15, 0.2) is 425 Å². The van der Waals surface area contributed by atoms with E-state index in [9.17, 15) is 0 Å². The van der Waals surface area contributed by atoms with Gasteiger partial charge in [0.25, 0.3) is 0 Å². The maximum atomic E-state index is 2.55. The maximum absolute atomic E-state index is 2.55. The summed E-state index contributed by atoms with van der Waals surface area (Å²) in [5.41, 5.74) is 32.1. The zero-order valence-corrected chi connectivity index (χ0v) is 66.0. The second-order valence-electron chi connectivity index (χ2n) is 32.6. The highest BCUT2D eigenvalue weighted by Gasteiger charge is 2.29. The fraction of sp³-hybridized carbons (Fsp3) is 0. The molecule has 8 heteroatoms. The van der Waals surface area contributed by atoms with Crippen molar-refractivity contribution in [2.24, 2.45) is 0 Å². The van der Waals surface area contributed by atoms with Gasteiger partial charge in [0.2, 0.25) is 0 Å². The van der Waals surface area contributed by atoms with E-state index in [1.54, 1.807) is 0 Å². The average molecular weight is 1550 g/mol. The lowest BCUT2D eigenvalue weighted by Crippen LogP contribution is -2.00. The lowest BCUT2D eigenvalue weighted by atomic mass is 10.0. The van der Waals surface area contributed by atoms with Gasteiger partial charge in [0, 0.05) is 132 Å². The zero-order chi connectivity index (χ0) is 79.5. The first-order chi connectivity index (χ1) is 60.6. The van der Waals surface area contributed by atoms with Crippen LogP contribution in [-0.4, -0.2) is 36.5 Å². The predicted octanol–water partition coefficient (Wildman–Crippen LogP) is 29.8. The van der Waals surface area contributed by atoms with Crippen LogP contribution in [0.3, 0.4) is 0 Å². The summed E-state index contributed by atoms with van der Waals surface area (Å²) in [5, 5.41) is 19.4. The molecule has 566 valence electrons. The largest absolute Gasteiger partial charge is 0.307 e. The van der Waals surface area contributed by atoms with E-state index in [-0.39, 0.29) is 0 Å². The third kappa shape index (κ3) is 9.34. The minimum absolute atomic E-state index is 1.08. The van der Waals surface area contributed by atoms with Gasteiger partial charge in [-0.1, -0.05) is 273 Å². The van der Waals surface area contributed by atoms with Crippen LogP contribution in [0.1, 0.15) is 0 Å². The first-order valence-corrected chi connectivity index (χ1v) is 42.1. The summed E-state index contributed by atoms with van der Waals surface area (Å²) in [6.07, 6.45) is 0. The normalized spacial score (nSPS) is 12.3. The van der Waals surface area contributed by atoms with Crippen LogP contribution in [0.25, 0.3) is 242 Å². The Kier molecular flexibility index (Phi) is 14.0. The van der Waals surface area contributed by atoms with Crippen LogP contribution < -0.4 is 0 Å². The molecule has 27 rings (SSSR count). The quantitative estimate of drug-likeness (QED) is 0.131. The molecule has 0 amide bonds. The van der Waals surface area contributed by atoms with E-state index >= 15 is 0 Å². The Morgan fingerprint density at radius 1 is 0.0984 bits per heavy atom. The molecule has 27 aromatic rings. The third-order valence-corrected chi connectivity index (χ3v) is 26.4. The van der Waals surface area contributed by atoms with Gasteiger partial charge in [-0.25, -0.2) is 0 Å². The number of benzene rings is 19. The Morgan fingerprint density at radius 2 is 0.270 bits per heavy atom. The van der Waals surface area contributed by atoms with Crippen molar-refractivity contribution in [3.05, 3.63) is 425 Å². The molecule has 0 saturated carbocycles. The summed E-state index contributed by atoms with van der Waals surface area (Å²) in [4.78, 5) is 0. The molecule has 8 heterocycles. The van der Waals surface area contributed by atoms with Crippen LogP contribution in [-0.2, 0) is 0 Å². The predicted molar refractivity (Wildman–Crippen MR) is 512 cm³/mol. The molecule has 0 atom stereocenters. The summed E-state index contributed by atoms with van der Waals surface area (Å²) in [6, 6.07) is 158. The lowest BCUT2D eigenvalue weighted by molar-refractivity contribution is 1.13. The average Bonchev–Trinajstić information content (AvgIpc) is 1.56. The highest BCUT2D eigenvalue weighted by Crippen LogP contribution is 2.50. The molecule has 0 bridgehead atoms. The van der Waals surface area contributed by atoms with Crippen LogP contribution in [0, 0.1) is 0 Å². The van der Waals surface area contributed by atoms with Gasteiger partial charge >= 0.3 is 0 Å². The summed E-state index contributed by atoms with van der Waals surface area (Å²) in [5.74, 6) is 0. The Bertz CT molecular complexity index is 9080. The summed E-state index contributed by atoms with van der Waals surface area (Å²) < 4.78 is 20.0. The SMILES string of the molecule is c1ccc(-n2c3ccccc3c3ccc4c5ccccc5n(-c5ccc(-c6ccc(-n7c8cc(-c9ccc%10c(c9)c9ccc%11c%12ccccc%12n(-c%12ccc(-n%13c%14ccccc%14c%14ccc%15c%16ccccc%16n(-c%16ccccc%16)c%15c%14%13)cc%12)c%11c9n%10-c9ccccc9)ccc8c8ccc9c%10ccccc%10n(-c%10ccccc%10)c9c87)cc6)cc5)c4c32)cc1. The number of hydrogen-bond acceptors (Lipinski definition) is 0.